The Morgan fingerprint density at radius 3 is 2.23 bits per heavy atom. The molecule has 0 radical (unpaired) electrons. The zero-order valence-corrected chi connectivity index (χ0v) is 30.2. The van der Waals surface area contributed by atoms with Gasteiger partial charge in [-0.2, -0.15) is 0 Å². The molecule has 0 saturated heterocycles. The van der Waals surface area contributed by atoms with Crippen molar-refractivity contribution in [3.8, 4) is 11.1 Å². The molecule has 3 unspecified atom stereocenters. The molecule has 0 bridgehead atoms. The maximum atomic E-state index is 13.5. The van der Waals surface area contributed by atoms with Crippen LogP contribution in [-0.4, -0.2) is 80.6 Å². The van der Waals surface area contributed by atoms with E-state index >= 15 is 0 Å². The Morgan fingerprint density at radius 2 is 1.58 bits per heavy atom. The third kappa shape index (κ3) is 12.3. The number of benzene rings is 2. The van der Waals surface area contributed by atoms with Crippen LogP contribution in [0.5, 0.6) is 0 Å². The molecule has 2 aromatic rings. The lowest BCUT2D eigenvalue weighted by molar-refractivity contribution is -0.148. The van der Waals surface area contributed by atoms with Gasteiger partial charge in [-0.3, -0.25) is 9.59 Å². The van der Waals surface area contributed by atoms with Crippen LogP contribution in [0.4, 0.5) is 4.79 Å². The van der Waals surface area contributed by atoms with E-state index in [4.69, 9.17) is 19.3 Å². The molecule has 4 rings (SSSR count). The van der Waals surface area contributed by atoms with Crippen molar-refractivity contribution in [2.24, 2.45) is 11.8 Å². The van der Waals surface area contributed by atoms with Crippen molar-refractivity contribution in [1.29, 1.82) is 0 Å². The SMILES string of the molecule is C=CCCC(NC(=O)OCC1c2ccccc2-c2ccccc21)C(=O)OCC(CC1CCCCC1)NC(=O)C(CC=C)CC(=O)NCCOCCO. The number of alkyl carbamates (subject to hydrolysis) is 1. The summed E-state index contributed by atoms with van der Waals surface area (Å²) in [4.78, 5) is 52.7. The zero-order chi connectivity index (χ0) is 37.1. The molecule has 1 fully saturated rings. The van der Waals surface area contributed by atoms with Crippen LogP contribution >= 0.6 is 0 Å². The molecular formula is C41H55N3O8. The number of carbonyl (C=O) groups excluding carboxylic acids is 4. The minimum absolute atomic E-state index is 0.0402. The molecule has 3 amide bonds. The highest BCUT2D eigenvalue weighted by Gasteiger charge is 2.31. The van der Waals surface area contributed by atoms with Crippen LogP contribution in [-0.2, 0) is 28.6 Å². The summed E-state index contributed by atoms with van der Waals surface area (Å²) in [5.41, 5.74) is 4.41. The highest BCUT2D eigenvalue weighted by atomic mass is 16.6. The monoisotopic (exact) mass is 717 g/mol. The first-order chi connectivity index (χ1) is 25.3. The first-order valence-electron chi connectivity index (χ1n) is 18.6. The number of amides is 3. The van der Waals surface area contributed by atoms with Gasteiger partial charge in [-0.15, -0.1) is 13.2 Å². The first-order valence-corrected chi connectivity index (χ1v) is 18.6. The summed E-state index contributed by atoms with van der Waals surface area (Å²) in [7, 11) is 0. The molecule has 11 heteroatoms. The minimum Gasteiger partial charge on any atom is -0.462 e. The normalized spacial score (nSPS) is 15.6. The summed E-state index contributed by atoms with van der Waals surface area (Å²) in [6.07, 6.45) is 9.64. The third-order valence-corrected chi connectivity index (χ3v) is 9.75. The van der Waals surface area contributed by atoms with E-state index in [-0.39, 0.29) is 70.2 Å². The van der Waals surface area contributed by atoms with Gasteiger partial charge in [-0.25, -0.2) is 9.59 Å². The summed E-state index contributed by atoms with van der Waals surface area (Å²) in [5, 5.41) is 17.3. The van der Waals surface area contributed by atoms with E-state index in [9.17, 15) is 19.2 Å². The third-order valence-electron chi connectivity index (χ3n) is 9.75. The fourth-order valence-electron chi connectivity index (χ4n) is 7.12. The van der Waals surface area contributed by atoms with Gasteiger partial charge in [0.15, 0.2) is 0 Å². The molecule has 0 heterocycles. The van der Waals surface area contributed by atoms with E-state index in [2.05, 4.69) is 41.2 Å². The van der Waals surface area contributed by atoms with Crippen LogP contribution in [0.25, 0.3) is 11.1 Å². The van der Waals surface area contributed by atoms with Gasteiger partial charge in [0.2, 0.25) is 11.8 Å². The van der Waals surface area contributed by atoms with Crippen molar-refractivity contribution in [2.75, 3.05) is 39.6 Å². The predicted molar refractivity (Wildman–Crippen MR) is 199 cm³/mol. The molecule has 3 atom stereocenters. The van der Waals surface area contributed by atoms with Crippen LogP contribution in [0.1, 0.15) is 81.3 Å². The second-order valence-corrected chi connectivity index (χ2v) is 13.6. The van der Waals surface area contributed by atoms with Crippen molar-refractivity contribution in [3.63, 3.8) is 0 Å². The molecule has 0 aliphatic heterocycles. The summed E-state index contributed by atoms with van der Waals surface area (Å²) in [6.45, 7) is 8.16. The molecule has 282 valence electrons. The molecule has 11 nitrogen and oxygen atoms in total. The lowest BCUT2D eigenvalue weighted by atomic mass is 9.84. The van der Waals surface area contributed by atoms with Gasteiger partial charge in [-0.05, 0) is 53.9 Å². The van der Waals surface area contributed by atoms with Gasteiger partial charge in [0.05, 0.1) is 31.8 Å². The number of fused-ring (bicyclic) bond motifs is 3. The second-order valence-electron chi connectivity index (χ2n) is 13.6. The van der Waals surface area contributed by atoms with Gasteiger partial charge in [0.1, 0.15) is 19.3 Å². The Bertz CT molecular complexity index is 1440. The number of aliphatic hydroxyl groups excluding tert-OH is 1. The van der Waals surface area contributed by atoms with E-state index in [0.717, 1.165) is 47.9 Å². The van der Waals surface area contributed by atoms with Gasteiger partial charge >= 0.3 is 12.1 Å². The zero-order valence-electron chi connectivity index (χ0n) is 30.2. The Balaban J connectivity index is 1.35. The molecule has 0 aromatic heterocycles. The number of hydrogen-bond donors (Lipinski definition) is 4. The average molecular weight is 718 g/mol. The van der Waals surface area contributed by atoms with Gasteiger partial charge < -0.3 is 35.3 Å². The van der Waals surface area contributed by atoms with Gasteiger partial charge in [0, 0.05) is 18.9 Å². The topological polar surface area (TPSA) is 152 Å². The highest BCUT2D eigenvalue weighted by molar-refractivity contribution is 5.86. The Hall–Kier alpha value is -4.48. The molecule has 2 aromatic carbocycles. The van der Waals surface area contributed by atoms with Crippen molar-refractivity contribution >= 4 is 23.9 Å². The van der Waals surface area contributed by atoms with Crippen LogP contribution in [0.15, 0.2) is 73.8 Å². The molecule has 1 saturated carbocycles. The number of allylic oxidation sites excluding steroid dienone is 2. The number of esters is 1. The van der Waals surface area contributed by atoms with Crippen molar-refractivity contribution in [2.45, 2.75) is 82.2 Å². The van der Waals surface area contributed by atoms with E-state index in [0.29, 0.717) is 25.2 Å². The van der Waals surface area contributed by atoms with Crippen molar-refractivity contribution in [1.82, 2.24) is 16.0 Å². The average Bonchev–Trinajstić information content (AvgIpc) is 3.48. The summed E-state index contributed by atoms with van der Waals surface area (Å²) in [5.74, 6) is -1.64. The summed E-state index contributed by atoms with van der Waals surface area (Å²) >= 11 is 0. The predicted octanol–water partition coefficient (Wildman–Crippen LogP) is 5.57. The molecule has 2 aliphatic carbocycles. The first kappa shape index (κ1) is 40.3. The quantitative estimate of drug-likeness (QED) is 0.0702. The van der Waals surface area contributed by atoms with Crippen molar-refractivity contribution in [3.05, 3.63) is 85.0 Å². The summed E-state index contributed by atoms with van der Waals surface area (Å²) < 4.78 is 16.7. The standard InChI is InChI=1S/C41H55N3O8/c1-3-5-20-37(44-41(49)52-28-36-34-18-11-9-16-32(34)33-17-10-12-19-35(33)36)40(48)51-27-31(25-29-14-7-6-8-15-29)43-39(47)30(13-4-2)26-38(46)42-21-23-50-24-22-45/h3-4,9-12,16-19,29-31,36-37,45H,1-2,5-8,13-15,20-28H2,(H,42,46)(H,43,47)(H,44,49). The fraction of sp³-hybridized carbons (Fsp3) is 0.512. The highest BCUT2D eigenvalue weighted by Crippen LogP contribution is 2.44. The van der Waals surface area contributed by atoms with Crippen molar-refractivity contribution < 1.29 is 38.5 Å². The molecular weight excluding hydrogens is 662 g/mol. The Labute approximate surface area is 307 Å². The number of rotatable bonds is 22. The lowest BCUT2D eigenvalue weighted by Crippen LogP contribution is -2.46. The lowest BCUT2D eigenvalue weighted by Gasteiger charge is -2.28. The van der Waals surface area contributed by atoms with Crippen LogP contribution in [0.2, 0.25) is 0 Å². The molecule has 2 aliphatic rings. The number of carbonyl (C=O) groups is 4. The number of nitrogens with one attached hydrogen (secondary N) is 3. The van der Waals surface area contributed by atoms with E-state index in [1.807, 2.05) is 36.4 Å². The Kier molecular flexibility index (Phi) is 16.9. The molecule has 4 N–H and O–H groups in total. The second kappa shape index (κ2) is 21.8. The number of ether oxygens (including phenoxy) is 3. The van der Waals surface area contributed by atoms with Crippen LogP contribution in [0, 0.1) is 11.8 Å². The van der Waals surface area contributed by atoms with E-state index in [1.54, 1.807) is 12.2 Å². The molecule has 52 heavy (non-hydrogen) atoms. The van der Waals surface area contributed by atoms with Gasteiger partial charge in [0.25, 0.3) is 0 Å². The smallest absolute Gasteiger partial charge is 0.407 e. The number of hydrogen-bond acceptors (Lipinski definition) is 8. The van der Waals surface area contributed by atoms with Gasteiger partial charge in [-0.1, -0.05) is 92.8 Å². The molecule has 0 spiro atoms. The van der Waals surface area contributed by atoms with Crippen LogP contribution < -0.4 is 16.0 Å². The minimum atomic E-state index is -0.974. The number of aliphatic hydroxyl groups is 1. The Morgan fingerprint density at radius 1 is 0.885 bits per heavy atom. The maximum absolute atomic E-state index is 13.5. The maximum Gasteiger partial charge on any atom is 0.407 e. The summed E-state index contributed by atoms with van der Waals surface area (Å²) in [6, 6.07) is 14.7. The van der Waals surface area contributed by atoms with E-state index in [1.165, 1.54) is 6.42 Å². The fourth-order valence-corrected chi connectivity index (χ4v) is 7.12. The van der Waals surface area contributed by atoms with Crippen LogP contribution in [0.3, 0.4) is 0 Å². The largest absolute Gasteiger partial charge is 0.462 e. The van der Waals surface area contributed by atoms with E-state index < -0.39 is 30.1 Å².